The van der Waals surface area contributed by atoms with Crippen LogP contribution in [0.3, 0.4) is 0 Å². The maximum atomic E-state index is 9.96. The van der Waals surface area contributed by atoms with Crippen LogP contribution in [0, 0.1) is 20.8 Å². The molecular weight excluding hydrogens is 238 g/mol. The fraction of sp³-hybridized carbons (Fsp3) is 0.200. The van der Waals surface area contributed by atoms with E-state index in [0.29, 0.717) is 5.69 Å². The molecule has 3 N–H and O–H groups in total. The number of hydrogen-bond acceptors (Lipinski definition) is 4. The molecule has 0 aromatic heterocycles. The van der Waals surface area contributed by atoms with E-state index in [2.05, 4.69) is 36.8 Å². The Hall–Kier alpha value is -2.36. The van der Waals surface area contributed by atoms with E-state index in [1.54, 1.807) is 11.2 Å². The summed E-state index contributed by atoms with van der Waals surface area (Å²) < 4.78 is 0. The number of phenolic OH excluding ortho intramolecular Hbond substituents is 1. The summed E-state index contributed by atoms with van der Waals surface area (Å²) in [5, 5.41) is 11.7. The molecule has 2 aromatic carbocycles. The van der Waals surface area contributed by atoms with Gasteiger partial charge in [0, 0.05) is 0 Å². The van der Waals surface area contributed by atoms with E-state index in [0.717, 1.165) is 16.9 Å². The Balaban J connectivity index is 1.97. The molecule has 98 valence electrons. The Kier molecular flexibility index (Phi) is 2.52. The number of anilines is 3. The molecule has 1 heterocycles. The largest absolute Gasteiger partial charge is 0.506 e. The van der Waals surface area contributed by atoms with E-state index in [4.69, 9.17) is 0 Å². The van der Waals surface area contributed by atoms with Gasteiger partial charge in [-0.2, -0.15) is 5.12 Å². The number of nitrogens with zero attached hydrogens (tertiary/aromatic N) is 1. The van der Waals surface area contributed by atoms with E-state index in [1.165, 1.54) is 11.1 Å². The first-order valence-electron chi connectivity index (χ1n) is 6.29. The Morgan fingerprint density at radius 3 is 2.05 bits per heavy atom. The molecule has 0 atom stereocenters. The third-order valence-electron chi connectivity index (χ3n) is 3.47. The van der Waals surface area contributed by atoms with Gasteiger partial charge in [0.05, 0.1) is 11.4 Å². The number of aromatic hydroxyl groups is 1. The number of benzene rings is 2. The number of rotatable bonds is 1. The van der Waals surface area contributed by atoms with E-state index >= 15 is 0 Å². The lowest BCUT2D eigenvalue weighted by Crippen LogP contribution is -2.29. The van der Waals surface area contributed by atoms with Crippen LogP contribution < -0.4 is 16.0 Å². The van der Waals surface area contributed by atoms with E-state index < -0.39 is 0 Å². The number of hydrogen-bond donors (Lipinski definition) is 3. The Morgan fingerprint density at radius 2 is 1.47 bits per heavy atom. The van der Waals surface area contributed by atoms with Gasteiger partial charge >= 0.3 is 0 Å². The fourth-order valence-electron chi connectivity index (χ4n) is 2.20. The van der Waals surface area contributed by atoms with Gasteiger partial charge in [-0.25, -0.2) is 0 Å². The lowest BCUT2D eigenvalue weighted by atomic mass is 10.1. The monoisotopic (exact) mass is 255 g/mol. The van der Waals surface area contributed by atoms with Crippen molar-refractivity contribution in [1.29, 1.82) is 0 Å². The SMILES string of the molecule is Cc1ccc(O)c(N2Nc3cc(C)c(C)cc3N2)c1. The summed E-state index contributed by atoms with van der Waals surface area (Å²) in [4.78, 5) is 0. The molecule has 19 heavy (non-hydrogen) atoms. The molecule has 1 aliphatic heterocycles. The lowest BCUT2D eigenvalue weighted by molar-refractivity contribution is 0.475. The maximum Gasteiger partial charge on any atom is 0.142 e. The van der Waals surface area contributed by atoms with E-state index in [1.807, 2.05) is 19.1 Å². The van der Waals surface area contributed by atoms with Gasteiger partial charge < -0.3 is 5.11 Å². The van der Waals surface area contributed by atoms with Crippen LogP contribution in [0.2, 0.25) is 0 Å². The minimum absolute atomic E-state index is 0.242. The van der Waals surface area contributed by atoms with Gasteiger partial charge in [0.15, 0.2) is 0 Å². The molecule has 4 nitrogen and oxygen atoms in total. The number of nitrogens with one attached hydrogen (secondary N) is 2. The van der Waals surface area contributed by atoms with Crippen LogP contribution in [0.5, 0.6) is 5.75 Å². The molecule has 0 radical (unpaired) electrons. The van der Waals surface area contributed by atoms with Crippen molar-refractivity contribution in [3.8, 4) is 5.75 Å². The van der Waals surface area contributed by atoms with Crippen molar-refractivity contribution in [1.82, 2.24) is 0 Å². The summed E-state index contributed by atoms with van der Waals surface area (Å²) in [7, 11) is 0. The minimum atomic E-state index is 0.242. The summed E-state index contributed by atoms with van der Waals surface area (Å²) in [6, 6.07) is 9.72. The van der Waals surface area contributed by atoms with Gasteiger partial charge in [0.1, 0.15) is 11.4 Å². The zero-order valence-corrected chi connectivity index (χ0v) is 11.3. The number of hydrazine groups is 2. The first kappa shape index (κ1) is 11.7. The predicted molar refractivity (Wildman–Crippen MR) is 78.5 cm³/mol. The number of phenols is 1. The normalized spacial score (nSPS) is 12.9. The fourth-order valence-corrected chi connectivity index (χ4v) is 2.20. The topological polar surface area (TPSA) is 47.5 Å². The average Bonchev–Trinajstić information content (AvgIpc) is 2.75. The van der Waals surface area contributed by atoms with E-state index in [9.17, 15) is 5.11 Å². The molecular formula is C15H17N3O. The highest BCUT2D eigenvalue weighted by molar-refractivity contribution is 5.81. The molecule has 0 spiro atoms. The first-order chi connectivity index (χ1) is 9.04. The summed E-state index contributed by atoms with van der Waals surface area (Å²) in [5.41, 5.74) is 12.8. The zero-order chi connectivity index (χ0) is 13.6. The van der Waals surface area contributed by atoms with E-state index in [-0.39, 0.29) is 5.75 Å². The Morgan fingerprint density at radius 1 is 0.895 bits per heavy atom. The third-order valence-corrected chi connectivity index (χ3v) is 3.47. The van der Waals surface area contributed by atoms with Crippen molar-refractivity contribution in [2.75, 3.05) is 16.0 Å². The highest BCUT2D eigenvalue weighted by Gasteiger charge is 2.21. The molecule has 0 saturated carbocycles. The molecule has 0 unspecified atom stereocenters. The Bertz CT molecular complexity index is 621. The number of aryl methyl sites for hydroxylation is 3. The molecule has 0 saturated heterocycles. The minimum Gasteiger partial charge on any atom is -0.506 e. The van der Waals surface area contributed by atoms with Crippen molar-refractivity contribution < 1.29 is 5.11 Å². The van der Waals surface area contributed by atoms with Gasteiger partial charge in [-0.1, -0.05) is 6.07 Å². The van der Waals surface area contributed by atoms with Crippen molar-refractivity contribution in [3.63, 3.8) is 0 Å². The molecule has 3 rings (SSSR count). The molecule has 4 heteroatoms. The molecule has 2 aromatic rings. The molecule has 0 bridgehead atoms. The van der Waals surface area contributed by atoms with Crippen LogP contribution in [0.1, 0.15) is 16.7 Å². The second-order valence-electron chi connectivity index (χ2n) is 5.03. The van der Waals surface area contributed by atoms with Crippen LogP contribution in [-0.2, 0) is 0 Å². The van der Waals surface area contributed by atoms with Crippen LogP contribution >= 0.6 is 0 Å². The zero-order valence-electron chi connectivity index (χ0n) is 11.3. The second-order valence-corrected chi connectivity index (χ2v) is 5.03. The second kappa shape index (κ2) is 4.09. The first-order valence-corrected chi connectivity index (χ1v) is 6.29. The lowest BCUT2D eigenvalue weighted by Gasteiger charge is -2.20. The quantitative estimate of drug-likeness (QED) is 0.730. The van der Waals surface area contributed by atoms with Crippen LogP contribution in [0.25, 0.3) is 0 Å². The van der Waals surface area contributed by atoms with Gasteiger partial charge in [0.2, 0.25) is 0 Å². The van der Waals surface area contributed by atoms with Crippen LogP contribution in [-0.4, -0.2) is 5.11 Å². The van der Waals surface area contributed by atoms with Crippen molar-refractivity contribution in [2.45, 2.75) is 20.8 Å². The summed E-state index contributed by atoms with van der Waals surface area (Å²) >= 11 is 0. The molecule has 1 aliphatic rings. The summed E-state index contributed by atoms with van der Waals surface area (Å²) in [6.45, 7) is 6.18. The molecule has 0 amide bonds. The molecule has 0 fully saturated rings. The predicted octanol–water partition coefficient (Wildman–Crippen LogP) is 3.49. The van der Waals surface area contributed by atoms with Gasteiger partial charge in [-0.3, -0.25) is 10.9 Å². The van der Waals surface area contributed by atoms with Crippen molar-refractivity contribution in [3.05, 3.63) is 47.0 Å². The summed E-state index contributed by atoms with van der Waals surface area (Å²) in [5.74, 6) is 0.242. The maximum absolute atomic E-state index is 9.96. The standard InChI is InChI=1S/C15H17N3O/c1-9-4-5-15(19)14(6-9)18-16-12-7-10(2)11(3)8-13(12)17-18/h4-8,16-17,19H,1-3H3. The Labute approximate surface area is 112 Å². The third kappa shape index (κ3) is 1.95. The highest BCUT2D eigenvalue weighted by Crippen LogP contribution is 2.36. The summed E-state index contributed by atoms with van der Waals surface area (Å²) in [6.07, 6.45) is 0. The van der Waals surface area contributed by atoms with Gasteiger partial charge in [0.25, 0.3) is 0 Å². The van der Waals surface area contributed by atoms with Crippen molar-refractivity contribution >= 4 is 17.1 Å². The smallest absolute Gasteiger partial charge is 0.142 e. The van der Waals surface area contributed by atoms with Crippen LogP contribution in [0.15, 0.2) is 30.3 Å². The highest BCUT2D eigenvalue weighted by atomic mass is 16.3. The van der Waals surface area contributed by atoms with Crippen molar-refractivity contribution in [2.24, 2.45) is 0 Å². The molecule has 0 aliphatic carbocycles. The van der Waals surface area contributed by atoms with Crippen LogP contribution in [0.4, 0.5) is 17.1 Å². The van der Waals surface area contributed by atoms with Gasteiger partial charge in [-0.15, -0.1) is 0 Å². The number of fused-ring (bicyclic) bond motifs is 1. The van der Waals surface area contributed by atoms with Gasteiger partial charge in [-0.05, 0) is 61.7 Å². The average molecular weight is 255 g/mol.